The van der Waals surface area contributed by atoms with Gasteiger partial charge in [0, 0.05) is 0 Å². The van der Waals surface area contributed by atoms with Gasteiger partial charge in [0.2, 0.25) is 0 Å². The van der Waals surface area contributed by atoms with Crippen LogP contribution in [0.3, 0.4) is 0 Å². The quantitative estimate of drug-likeness (QED) is 0.708. The summed E-state index contributed by atoms with van der Waals surface area (Å²) in [6, 6.07) is 1.77. The maximum absolute atomic E-state index is 10.7. The Morgan fingerprint density at radius 2 is 2.14 bits per heavy atom. The van der Waals surface area contributed by atoms with Crippen LogP contribution in [0.5, 0.6) is 0 Å². The van der Waals surface area contributed by atoms with Crippen LogP contribution in [0, 0.1) is 13.8 Å². The van der Waals surface area contributed by atoms with Crippen molar-refractivity contribution in [1.82, 2.24) is 20.4 Å². The Labute approximate surface area is 79.0 Å². The fourth-order valence-electron chi connectivity index (χ4n) is 1.11. The van der Waals surface area contributed by atoms with E-state index in [4.69, 9.17) is 4.42 Å². The second-order valence-electron chi connectivity index (χ2n) is 2.90. The molecule has 0 amide bonds. The molecule has 0 aliphatic carbocycles. The molecular formula is C8H8N4O2. The van der Waals surface area contributed by atoms with Gasteiger partial charge < -0.3 is 4.42 Å². The topological polar surface area (TPSA) is 84.7 Å². The van der Waals surface area contributed by atoms with Crippen molar-refractivity contribution in [3.05, 3.63) is 28.0 Å². The minimum absolute atomic E-state index is 0.241. The zero-order valence-electron chi connectivity index (χ0n) is 7.74. The lowest BCUT2D eigenvalue weighted by atomic mass is 10.2. The molecule has 0 saturated carbocycles. The van der Waals surface area contributed by atoms with Gasteiger partial charge in [0.25, 0.3) is 5.89 Å². The molecule has 0 aliphatic rings. The zero-order valence-corrected chi connectivity index (χ0v) is 7.74. The summed E-state index contributed by atoms with van der Waals surface area (Å²) in [6.07, 6.45) is 0. The molecule has 0 unspecified atom stereocenters. The van der Waals surface area contributed by atoms with Crippen LogP contribution in [0.1, 0.15) is 11.4 Å². The van der Waals surface area contributed by atoms with Crippen LogP contribution in [0.2, 0.25) is 0 Å². The van der Waals surface area contributed by atoms with Crippen LogP contribution in [0.15, 0.2) is 15.3 Å². The fraction of sp³-hybridized carbons (Fsp3) is 0.250. The van der Waals surface area contributed by atoms with Crippen molar-refractivity contribution in [2.45, 2.75) is 13.8 Å². The van der Waals surface area contributed by atoms with Crippen molar-refractivity contribution in [2.75, 3.05) is 0 Å². The number of hydrogen-bond donors (Lipinski definition) is 1. The van der Waals surface area contributed by atoms with Crippen LogP contribution in [-0.2, 0) is 0 Å². The van der Waals surface area contributed by atoms with E-state index in [2.05, 4.69) is 20.4 Å². The van der Waals surface area contributed by atoms with Crippen molar-refractivity contribution >= 4 is 0 Å². The molecule has 0 atom stereocenters. The summed E-state index contributed by atoms with van der Waals surface area (Å²) in [6.45, 7) is 3.58. The SMILES string of the molecule is Cc1cc(-c2n[nH]c(=O)o2)c(C)nn1. The van der Waals surface area contributed by atoms with Crippen molar-refractivity contribution in [3.8, 4) is 11.5 Å². The number of rotatable bonds is 1. The Balaban J connectivity index is 2.61. The van der Waals surface area contributed by atoms with Crippen molar-refractivity contribution in [3.63, 3.8) is 0 Å². The highest BCUT2D eigenvalue weighted by atomic mass is 16.4. The Morgan fingerprint density at radius 1 is 1.36 bits per heavy atom. The lowest BCUT2D eigenvalue weighted by molar-refractivity contribution is 0.526. The predicted octanol–water partition coefficient (Wildman–Crippen LogP) is 0.437. The number of nitrogens with zero attached hydrogens (tertiary/aromatic N) is 3. The highest BCUT2D eigenvalue weighted by Gasteiger charge is 2.09. The number of nitrogens with one attached hydrogen (secondary N) is 1. The molecule has 0 aromatic carbocycles. The van der Waals surface area contributed by atoms with Gasteiger partial charge >= 0.3 is 5.76 Å². The summed E-state index contributed by atoms with van der Waals surface area (Å²) < 4.78 is 4.82. The van der Waals surface area contributed by atoms with E-state index in [-0.39, 0.29) is 5.89 Å². The summed E-state index contributed by atoms with van der Waals surface area (Å²) >= 11 is 0. The Bertz CT molecular complexity index is 514. The lowest BCUT2D eigenvalue weighted by Crippen LogP contribution is -1.94. The van der Waals surface area contributed by atoms with E-state index in [1.54, 1.807) is 19.9 Å². The third-order valence-electron chi connectivity index (χ3n) is 1.77. The minimum Gasteiger partial charge on any atom is -0.388 e. The molecule has 2 rings (SSSR count). The smallest absolute Gasteiger partial charge is 0.388 e. The first-order valence-electron chi connectivity index (χ1n) is 4.03. The number of aryl methyl sites for hydroxylation is 2. The Kier molecular flexibility index (Phi) is 1.88. The molecule has 2 aromatic heterocycles. The number of hydrogen-bond acceptors (Lipinski definition) is 5. The highest BCUT2D eigenvalue weighted by molar-refractivity contribution is 5.55. The van der Waals surface area contributed by atoms with Gasteiger partial charge in [-0.15, -0.1) is 5.10 Å². The minimum atomic E-state index is -0.575. The summed E-state index contributed by atoms with van der Waals surface area (Å²) in [5.74, 6) is -0.334. The van der Waals surface area contributed by atoms with Gasteiger partial charge in [-0.3, -0.25) is 0 Å². The molecule has 0 aliphatic heterocycles. The molecule has 0 bridgehead atoms. The number of aromatic nitrogens is 4. The van der Waals surface area contributed by atoms with Crippen LogP contribution < -0.4 is 5.76 Å². The van der Waals surface area contributed by atoms with Gasteiger partial charge in [0.15, 0.2) is 0 Å². The van der Waals surface area contributed by atoms with Crippen LogP contribution in [0.4, 0.5) is 0 Å². The molecule has 0 radical (unpaired) electrons. The first kappa shape index (κ1) is 8.61. The standard InChI is InChI=1S/C8H8N4O2/c1-4-3-6(5(2)10-9-4)7-11-12-8(13)14-7/h3H,1-2H3,(H,12,13). The van der Waals surface area contributed by atoms with E-state index in [1.165, 1.54) is 0 Å². The number of aromatic amines is 1. The van der Waals surface area contributed by atoms with E-state index in [0.717, 1.165) is 5.69 Å². The second-order valence-corrected chi connectivity index (χ2v) is 2.90. The molecule has 6 nitrogen and oxygen atoms in total. The van der Waals surface area contributed by atoms with E-state index in [0.29, 0.717) is 11.3 Å². The largest absolute Gasteiger partial charge is 0.434 e. The van der Waals surface area contributed by atoms with Crippen molar-refractivity contribution in [1.29, 1.82) is 0 Å². The predicted molar refractivity (Wildman–Crippen MR) is 47.6 cm³/mol. The normalized spacial score (nSPS) is 10.4. The summed E-state index contributed by atoms with van der Waals surface area (Å²) in [5.41, 5.74) is 2.10. The maximum atomic E-state index is 10.7. The Morgan fingerprint density at radius 3 is 2.79 bits per heavy atom. The van der Waals surface area contributed by atoms with Gasteiger partial charge in [-0.2, -0.15) is 10.2 Å². The third-order valence-corrected chi connectivity index (χ3v) is 1.77. The van der Waals surface area contributed by atoms with Crippen molar-refractivity contribution in [2.24, 2.45) is 0 Å². The molecule has 2 aromatic rings. The second kappa shape index (κ2) is 3.06. The first-order valence-corrected chi connectivity index (χ1v) is 4.03. The molecule has 72 valence electrons. The van der Waals surface area contributed by atoms with Crippen LogP contribution in [0.25, 0.3) is 11.5 Å². The average Bonchev–Trinajstić information content (AvgIpc) is 2.56. The first-order chi connectivity index (χ1) is 6.66. The van der Waals surface area contributed by atoms with E-state index in [1.807, 2.05) is 0 Å². The Hall–Kier alpha value is -1.98. The van der Waals surface area contributed by atoms with Crippen LogP contribution >= 0.6 is 0 Å². The maximum Gasteiger partial charge on any atom is 0.434 e. The van der Waals surface area contributed by atoms with Gasteiger partial charge in [-0.1, -0.05) is 0 Å². The molecule has 0 saturated heterocycles. The van der Waals surface area contributed by atoms with Gasteiger partial charge in [0.05, 0.1) is 17.0 Å². The third kappa shape index (κ3) is 1.41. The zero-order chi connectivity index (χ0) is 10.1. The molecule has 14 heavy (non-hydrogen) atoms. The number of H-pyrrole nitrogens is 1. The molecule has 2 heterocycles. The fourth-order valence-corrected chi connectivity index (χ4v) is 1.11. The van der Waals surface area contributed by atoms with Gasteiger partial charge in [0.1, 0.15) is 0 Å². The van der Waals surface area contributed by atoms with Crippen LogP contribution in [-0.4, -0.2) is 20.4 Å². The average molecular weight is 192 g/mol. The monoisotopic (exact) mass is 192 g/mol. The van der Waals surface area contributed by atoms with E-state index >= 15 is 0 Å². The summed E-state index contributed by atoms with van der Waals surface area (Å²) in [7, 11) is 0. The lowest BCUT2D eigenvalue weighted by Gasteiger charge is -1.98. The highest BCUT2D eigenvalue weighted by Crippen LogP contribution is 2.17. The summed E-state index contributed by atoms with van der Waals surface area (Å²) in [4.78, 5) is 10.7. The van der Waals surface area contributed by atoms with E-state index < -0.39 is 5.76 Å². The molecule has 0 spiro atoms. The van der Waals surface area contributed by atoms with Crippen molar-refractivity contribution < 1.29 is 4.42 Å². The molecule has 0 fully saturated rings. The molecule has 1 N–H and O–H groups in total. The van der Waals surface area contributed by atoms with Gasteiger partial charge in [-0.05, 0) is 19.9 Å². The molecule has 6 heteroatoms. The molecular weight excluding hydrogens is 184 g/mol. The summed E-state index contributed by atoms with van der Waals surface area (Å²) in [5, 5.41) is 13.7. The van der Waals surface area contributed by atoms with E-state index in [9.17, 15) is 4.79 Å². The van der Waals surface area contributed by atoms with Gasteiger partial charge in [-0.25, -0.2) is 9.89 Å².